The van der Waals surface area contributed by atoms with Crippen molar-refractivity contribution < 1.29 is 9.18 Å². The number of benzene rings is 2. The van der Waals surface area contributed by atoms with Crippen LogP contribution in [0, 0.1) is 5.82 Å². The van der Waals surface area contributed by atoms with Gasteiger partial charge in [0.05, 0.1) is 12.1 Å². The number of Topliss-reactive ketones (excluding diaryl/α,β-unsaturated/α-hetero) is 1. The van der Waals surface area contributed by atoms with Crippen LogP contribution >= 0.6 is 11.8 Å². The minimum atomic E-state index is -0.317. The monoisotopic (exact) mass is 369 g/mol. The Bertz CT molecular complexity index is 880. The second-order valence-corrected chi connectivity index (χ2v) is 7.07. The Balaban J connectivity index is 1.89. The third kappa shape index (κ3) is 4.58. The molecule has 0 N–H and O–H groups in total. The van der Waals surface area contributed by atoms with E-state index in [-0.39, 0.29) is 11.6 Å². The molecule has 0 amide bonds. The van der Waals surface area contributed by atoms with Crippen LogP contribution in [-0.4, -0.2) is 26.3 Å². The third-order valence-corrected chi connectivity index (χ3v) is 4.97. The minimum absolute atomic E-state index is 0.184. The van der Waals surface area contributed by atoms with Gasteiger partial charge in [0, 0.05) is 12.2 Å². The van der Waals surface area contributed by atoms with Crippen LogP contribution in [0.1, 0.15) is 25.3 Å². The fourth-order valence-corrected chi connectivity index (χ4v) is 3.51. The van der Waals surface area contributed by atoms with E-state index in [4.69, 9.17) is 0 Å². The average molecular weight is 369 g/mol. The molecule has 6 heteroatoms. The Morgan fingerprint density at radius 3 is 2.54 bits per heavy atom. The molecule has 0 saturated heterocycles. The number of carbonyl (C=O) groups excluding carboxylic acids is 1. The number of thioether (sulfide) groups is 1. The largest absolute Gasteiger partial charge is 0.300 e. The van der Waals surface area contributed by atoms with Crippen LogP contribution in [0.25, 0.3) is 11.4 Å². The Morgan fingerprint density at radius 1 is 1.08 bits per heavy atom. The molecular weight excluding hydrogens is 349 g/mol. The molecule has 0 spiro atoms. The number of hydrogen-bond acceptors (Lipinski definition) is 4. The summed E-state index contributed by atoms with van der Waals surface area (Å²) in [6, 6.07) is 16.6. The first-order valence-corrected chi connectivity index (χ1v) is 9.48. The van der Waals surface area contributed by atoms with E-state index in [1.54, 1.807) is 36.9 Å². The average Bonchev–Trinajstić information content (AvgIpc) is 3.02. The SMILES string of the molecule is CC(=O)CCCSc1nnc(-c2ccccc2F)n1Cc1ccccc1. The molecule has 0 unspecified atom stereocenters. The Labute approximate surface area is 156 Å². The number of rotatable bonds is 8. The van der Waals surface area contributed by atoms with E-state index in [2.05, 4.69) is 10.2 Å². The maximum atomic E-state index is 14.3. The summed E-state index contributed by atoms with van der Waals surface area (Å²) in [5.74, 6) is 1.15. The molecule has 0 fully saturated rings. The van der Waals surface area contributed by atoms with Gasteiger partial charge in [-0.1, -0.05) is 54.2 Å². The Hall–Kier alpha value is -2.47. The van der Waals surface area contributed by atoms with Gasteiger partial charge < -0.3 is 4.79 Å². The van der Waals surface area contributed by atoms with Crippen LogP contribution in [0.15, 0.2) is 59.8 Å². The van der Waals surface area contributed by atoms with Gasteiger partial charge in [-0.05, 0) is 31.0 Å². The highest BCUT2D eigenvalue weighted by Crippen LogP contribution is 2.27. The molecule has 0 saturated carbocycles. The second-order valence-electron chi connectivity index (χ2n) is 6.01. The molecule has 0 aliphatic rings. The molecule has 0 atom stereocenters. The molecule has 0 bridgehead atoms. The number of halogens is 1. The summed E-state index contributed by atoms with van der Waals surface area (Å²) in [7, 11) is 0. The van der Waals surface area contributed by atoms with Crippen LogP contribution in [-0.2, 0) is 11.3 Å². The first kappa shape index (κ1) is 18.3. The predicted octanol–water partition coefficient (Wildman–Crippen LogP) is 4.59. The molecule has 0 radical (unpaired) electrons. The fourth-order valence-electron chi connectivity index (χ4n) is 2.63. The van der Waals surface area contributed by atoms with Crippen molar-refractivity contribution in [2.24, 2.45) is 0 Å². The van der Waals surface area contributed by atoms with Crippen LogP contribution < -0.4 is 0 Å². The van der Waals surface area contributed by atoms with Crippen molar-refractivity contribution in [1.82, 2.24) is 14.8 Å². The van der Waals surface area contributed by atoms with Crippen molar-refractivity contribution in [3.8, 4) is 11.4 Å². The summed E-state index contributed by atoms with van der Waals surface area (Å²) in [4.78, 5) is 11.1. The van der Waals surface area contributed by atoms with Gasteiger partial charge >= 0.3 is 0 Å². The van der Waals surface area contributed by atoms with Gasteiger partial charge in [-0.2, -0.15) is 0 Å². The molecular formula is C20H20FN3OS. The van der Waals surface area contributed by atoms with Crippen molar-refractivity contribution in [2.75, 3.05) is 5.75 Å². The molecule has 2 aromatic carbocycles. The van der Waals surface area contributed by atoms with Crippen LogP contribution in [0.3, 0.4) is 0 Å². The maximum Gasteiger partial charge on any atom is 0.191 e. The number of hydrogen-bond donors (Lipinski definition) is 0. The lowest BCUT2D eigenvalue weighted by Gasteiger charge is -2.11. The number of ketones is 1. The highest BCUT2D eigenvalue weighted by molar-refractivity contribution is 7.99. The van der Waals surface area contributed by atoms with Crippen molar-refractivity contribution >= 4 is 17.5 Å². The van der Waals surface area contributed by atoms with Crippen molar-refractivity contribution in [1.29, 1.82) is 0 Å². The zero-order valence-electron chi connectivity index (χ0n) is 14.6. The zero-order chi connectivity index (χ0) is 18.4. The zero-order valence-corrected chi connectivity index (χ0v) is 15.4. The highest BCUT2D eigenvalue weighted by Gasteiger charge is 2.17. The first-order chi connectivity index (χ1) is 12.6. The molecule has 1 aromatic heterocycles. The molecule has 3 aromatic rings. The van der Waals surface area contributed by atoms with E-state index < -0.39 is 0 Å². The lowest BCUT2D eigenvalue weighted by molar-refractivity contribution is -0.117. The van der Waals surface area contributed by atoms with E-state index >= 15 is 0 Å². The van der Waals surface area contributed by atoms with Gasteiger partial charge in [0.2, 0.25) is 0 Å². The van der Waals surface area contributed by atoms with E-state index in [9.17, 15) is 9.18 Å². The van der Waals surface area contributed by atoms with Gasteiger partial charge in [-0.15, -0.1) is 10.2 Å². The summed E-state index contributed by atoms with van der Waals surface area (Å²) in [6.07, 6.45) is 1.34. The number of nitrogens with zero attached hydrogens (tertiary/aromatic N) is 3. The van der Waals surface area contributed by atoms with Crippen LogP contribution in [0.2, 0.25) is 0 Å². The van der Waals surface area contributed by atoms with Gasteiger partial charge in [-0.3, -0.25) is 4.57 Å². The van der Waals surface area contributed by atoms with Crippen LogP contribution in [0.5, 0.6) is 0 Å². The topological polar surface area (TPSA) is 47.8 Å². The maximum absolute atomic E-state index is 14.3. The summed E-state index contributed by atoms with van der Waals surface area (Å²) in [5, 5.41) is 9.25. The quantitative estimate of drug-likeness (QED) is 0.430. The lowest BCUT2D eigenvalue weighted by atomic mass is 10.2. The highest BCUT2D eigenvalue weighted by atomic mass is 32.2. The van der Waals surface area contributed by atoms with Gasteiger partial charge in [0.25, 0.3) is 0 Å². The van der Waals surface area contributed by atoms with Crippen LogP contribution in [0.4, 0.5) is 4.39 Å². The van der Waals surface area contributed by atoms with E-state index in [0.717, 1.165) is 22.9 Å². The molecule has 134 valence electrons. The van der Waals surface area contributed by atoms with Gasteiger partial charge in [0.1, 0.15) is 11.6 Å². The standard InChI is InChI=1S/C20H20FN3OS/c1-15(25)8-7-13-26-20-23-22-19(17-11-5-6-12-18(17)21)24(20)14-16-9-3-2-4-10-16/h2-6,9-12H,7-8,13-14H2,1H3. The van der Waals surface area contributed by atoms with E-state index in [1.807, 2.05) is 34.9 Å². The summed E-state index contributed by atoms with van der Waals surface area (Å²) in [6.45, 7) is 2.16. The van der Waals surface area contributed by atoms with E-state index in [1.165, 1.54) is 6.07 Å². The molecule has 1 heterocycles. The van der Waals surface area contributed by atoms with Crippen molar-refractivity contribution in [2.45, 2.75) is 31.5 Å². The lowest BCUT2D eigenvalue weighted by Crippen LogP contribution is -2.05. The molecule has 3 rings (SSSR count). The summed E-state index contributed by atoms with van der Waals surface area (Å²) < 4.78 is 16.2. The molecule has 0 aliphatic heterocycles. The molecule has 0 aliphatic carbocycles. The smallest absolute Gasteiger partial charge is 0.191 e. The van der Waals surface area contributed by atoms with Gasteiger partial charge in [-0.25, -0.2) is 4.39 Å². The van der Waals surface area contributed by atoms with Crippen molar-refractivity contribution in [3.05, 3.63) is 66.0 Å². The first-order valence-electron chi connectivity index (χ1n) is 8.49. The summed E-state index contributed by atoms with van der Waals surface area (Å²) >= 11 is 1.54. The number of aromatic nitrogens is 3. The summed E-state index contributed by atoms with van der Waals surface area (Å²) in [5.41, 5.74) is 1.53. The third-order valence-electron chi connectivity index (χ3n) is 3.92. The fraction of sp³-hybridized carbons (Fsp3) is 0.250. The molecule has 26 heavy (non-hydrogen) atoms. The second kappa shape index (κ2) is 8.76. The Kier molecular flexibility index (Phi) is 6.17. The predicted molar refractivity (Wildman–Crippen MR) is 102 cm³/mol. The Morgan fingerprint density at radius 2 is 1.81 bits per heavy atom. The van der Waals surface area contributed by atoms with Gasteiger partial charge in [0.15, 0.2) is 11.0 Å². The minimum Gasteiger partial charge on any atom is -0.300 e. The normalized spacial score (nSPS) is 10.8. The van der Waals surface area contributed by atoms with E-state index in [0.29, 0.717) is 24.4 Å². The van der Waals surface area contributed by atoms with Crippen molar-refractivity contribution in [3.63, 3.8) is 0 Å². The number of carbonyl (C=O) groups is 1. The molecule has 4 nitrogen and oxygen atoms in total.